The van der Waals surface area contributed by atoms with Crippen molar-refractivity contribution in [3.05, 3.63) is 64.4 Å². The lowest BCUT2D eigenvalue weighted by Crippen LogP contribution is -2.21. The van der Waals surface area contributed by atoms with Crippen LogP contribution in [0.25, 0.3) is 0 Å². The Morgan fingerprint density at radius 2 is 2.04 bits per heavy atom. The van der Waals surface area contributed by atoms with Crippen LogP contribution >= 0.6 is 11.6 Å². The van der Waals surface area contributed by atoms with Crippen molar-refractivity contribution in [2.75, 3.05) is 11.9 Å². The topological polar surface area (TPSA) is 79.2 Å². The molecule has 0 aliphatic carbocycles. The maximum atomic E-state index is 12.9. The molecule has 0 aliphatic rings. The summed E-state index contributed by atoms with van der Waals surface area (Å²) in [5, 5.41) is 11.2. The maximum absolute atomic E-state index is 12.9. The lowest BCUT2D eigenvalue weighted by molar-refractivity contribution is -0.119. The summed E-state index contributed by atoms with van der Waals surface area (Å²) in [5.41, 5.74) is 0.680. The summed E-state index contributed by atoms with van der Waals surface area (Å²) >= 11 is 5.77. The van der Waals surface area contributed by atoms with Gasteiger partial charge in [-0.15, -0.1) is 0 Å². The maximum Gasteiger partial charge on any atom is 0.338 e. The van der Waals surface area contributed by atoms with Gasteiger partial charge in [0.15, 0.2) is 6.61 Å². The molecule has 0 aliphatic heterocycles. The summed E-state index contributed by atoms with van der Waals surface area (Å²) < 4.78 is 17.7. The van der Waals surface area contributed by atoms with E-state index in [1.807, 2.05) is 6.07 Å². The molecule has 2 aromatic carbocycles. The number of hydrogen-bond acceptors (Lipinski definition) is 4. The van der Waals surface area contributed by atoms with Gasteiger partial charge in [0.2, 0.25) is 0 Å². The molecule has 23 heavy (non-hydrogen) atoms. The van der Waals surface area contributed by atoms with Crippen LogP contribution in [0.15, 0.2) is 42.5 Å². The Balaban J connectivity index is 1.93. The lowest BCUT2D eigenvalue weighted by Gasteiger charge is -2.08. The summed E-state index contributed by atoms with van der Waals surface area (Å²) in [6.07, 6.45) is 0. The number of carbonyl (C=O) groups excluding carboxylic acids is 2. The fourth-order valence-corrected chi connectivity index (χ4v) is 1.92. The Bertz CT molecular complexity index is 802. The molecule has 0 atom stereocenters. The van der Waals surface area contributed by atoms with Gasteiger partial charge in [-0.25, -0.2) is 9.18 Å². The highest BCUT2D eigenvalue weighted by molar-refractivity contribution is 6.33. The fraction of sp³-hybridized carbons (Fsp3) is 0.0625. The van der Waals surface area contributed by atoms with E-state index in [9.17, 15) is 14.0 Å². The molecule has 0 bridgehead atoms. The highest BCUT2D eigenvalue weighted by atomic mass is 35.5. The van der Waals surface area contributed by atoms with E-state index in [-0.39, 0.29) is 16.3 Å². The van der Waals surface area contributed by atoms with E-state index in [2.05, 4.69) is 5.32 Å². The van der Waals surface area contributed by atoms with Gasteiger partial charge in [-0.1, -0.05) is 17.7 Å². The fourth-order valence-electron chi connectivity index (χ4n) is 1.71. The zero-order chi connectivity index (χ0) is 16.8. The minimum Gasteiger partial charge on any atom is -0.452 e. The van der Waals surface area contributed by atoms with Crippen LogP contribution in [-0.2, 0) is 9.53 Å². The molecule has 0 spiro atoms. The first-order valence-corrected chi connectivity index (χ1v) is 6.79. The van der Waals surface area contributed by atoms with Crippen LogP contribution in [0, 0.1) is 17.1 Å². The second-order valence-electron chi connectivity index (χ2n) is 4.44. The van der Waals surface area contributed by atoms with E-state index >= 15 is 0 Å². The van der Waals surface area contributed by atoms with Crippen LogP contribution < -0.4 is 5.32 Å². The number of nitrogens with one attached hydrogen (secondary N) is 1. The van der Waals surface area contributed by atoms with Crippen molar-refractivity contribution in [3.63, 3.8) is 0 Å². The summed E-state index contributed by atoms with van der Waals surface area (Å²) in [5.74, 6) is -1.89. The van der Waals surface area contributed by atoms with E-state index in [1.165, 1.54) is 24.3 Å². The number of nitrogens with zero attached hydrogens (tertiary/aromatic N) is 1. The largest absolute Gasteiger partial charge is 0.452 e. The van der Waals surface area contributed by atoms with Gasteiger partial charge in [0.05, 0.1) is 27.9 Å². The molecule has 0 saturated carbocycles. The zero-order valence-corrected chi connectivity index (χ0v) is 12.4. The number of benzene rings is 2. The minimum atomic E-state index is -0.734. The van der Waals surface area contributed by atoms with E-state index in [0.717, 1.165) is 12.1 Å². The van der Waals surface area contributed by atoms with E-state index < -0.39 is 24.3 Å². The highest BCUT2D eigenvalue weighted by Crippen LogP contribution is 2.22. The Kier molecular flexibility index (Phi) is 5.28. The van der Waals surface area contributed by atoms with Gasteiger partial charge in [-0.2, -0.15) is 5.26 Å². The molecule has 2 aromatic rings. The number of amides is 1. The van der Waals surface area contributed by atoms with E-state index in [1.54, 1.807) is 6.07 Å². The number of hydrogen-bond donors (Lipinski definition) is 1. The van der Waals surface area contributed by atoms with Crippen LogP contribution in [0.4, 0.5) is 10.1 Å². The average Bonchev–Trinajstić information content (AvgIpc) is 2.55. The van der Waals surface area contributed by atoms with Gasteiger partial charge < -0.3 is 10.1 Å². The number of nitriles is 1. The molecule has 0 unspecified atom stereocenters. The first kappa shape index (κ1) is 16.5. The van der Waals surface area contributed by atoms with Crippen molar-refractivity contribution in [3.8, 4) is 6.07 Å². The van der Waals surface area contributed by atoms with Crippen molar-refractivity contribution < 1.29 is 18.7 Å². The molecule has 116 valence electrons. The Morgan fingerprint density at radius 1 is 1.26 bits per heavy atom. The van der Waals surface area contributed by atoms with Crippen LogP contribution in [0.2, 0.25) is 5.02 Å². The van der Waals surface area contributed by atoms with Gasteiger partial charge >= 0.3 is 5.97 Å². The summed E-state index contributed by atoms with van der Waals surface area (Å²) in [6.45, 7) is -0.538. The normalized spacial score (nSPS) is 9.78. The molecule has 0 radical (unpaired) electrons. The number of esters is 1. The average molecular weight is 333 g/mol. The van der Waals surface area contributed by atoms with Crippen molar-refractivity contribution in [1.29, 1.82) is 5.26 Å². The van der Waals surface area contributed by atoms with Gasteiger partial charge in [0.25, 0.3) is 5.91 Å². The lowest BCUT2D eigenvalue weighted by atomic mass is 10.1. The molecule has 0 saturated heterocycles. The minimum absolute atomic E-state index is 0.0337. The Hall–Kier alpha value is -2.91. The van der Waals surface area contributed by atoms with Crippen molar-refractivity contribution in [2.45, 2.75) is 0 Å². The molecule has 1 amide bonds. The monoisotopic (exact) mass is 332 g/mol. The zero-order valence-electron chi connectivity index (χ0n) is 11.7. The third-order valence-corrected chi connectivity index (χ3v) is 3.08. The van der Waals surface area contributed by atoms with Gasteiger partial charge in [0.1, 0.15) is 5.82 Å². The molecule has 5 nitrogen and oxygen atoms in total. The second kappa shape index (κ2) is 7.38. The van der Waals surface area contributed by atoms with Gasteiger partial charge in [0, 0.05) is 0 Å². The number of ether oxygens (including phenoxy) is 1. The van der Waals surface area contributed by atoms with Crippen LogP contribution in [0.5, 0.6) is 0 Å². The third-order valence-electron chi connectivity index (χ3n) is 2.77. The van der Waals surface area contributed by atoms with Crippen LogP contribution in [0.1, 0.15) is 15.9 Å². The molecule has 0 heterocycles. The van der Waals surface area contributed by atoms with Gasteiger partial charge in [-0.05, 0) is 36.4 Å². The Labute approximate surface area is 136 Å². The third kappa shape index (κ3) is 4.53. The van der Waals surface area contributed by atoms with Crippen molar-refractivity contribution in [1.82, 2.24) is 0 Å². The van der Waals surface area contributed by atoms with E-state index in [4.69, 9.17) is 21.6 Å². The molecule has 7 heteroatoms. The predicted octanol–water partition coefficient (Wildman–Crippen LogP) is 3.15. The Morgan fingerprint density at radius 3 is 2.74 bits per heavy atom. The quantitative estimate of drug-likeness (QED) is 0.872. The molecular formula is C16H10ClFN2O3. The first-order valence-electron chi connectivity index (χ1n) is 6.42. The molecule has 0 aromatic heterocycles. The molecule has 1 N–H and O–H groups in total. The number of anilines is 1. The van der Waals surface area contributed by atoms with Gasteiger partial charge in [-0.3, -0.25) is 4.79 Å². The summed E-state index contributed by atoms with van der Waals surface area (Å²) in [6, 6.07) is 11.3. The predicted molar refractivity (Wildman–Crippen MR) is 81.5 cm³/mol. The summed E-state index contributed by atoms with van der Waals surface area (Å²) in [4.78, 5) is 23.5. The van der Waals surface area contributed by atoms with Crippen molar-refractivity contribution >= 4 is 29.2 Å². The summed E-state index contributed by atoms with van der Waals surface area (Å²) in [7, 11) is 0. The van der Waals surface area contributed by atoms with E-state index in [0.29, 0.717) is 5.56 Å². The number of halogens is 2. The number of carbonyl (C=O) groups is 2. The van der Waals surface area contributed by atoms with Crippen LogP contribution in [0.3, 0.4) is 0 Å². The SMILES string of the molecule is N#Cc1cccc(C(=O)OCC(=O)Nc2ccc(F)cc2Cl)c1. The molecule has 0 fully saturated rings. The standard InChI is InChI=1S/C16H10ClFN2O3/c17-13-7-12(18)4-5-14(13)20-15(21)9-23-16(22)11-3-1-2-10(6-11)8-19/h1-7H,9H2,(H,20,21). The highest BCUT2D eigenvalue weighted by Gasteiger charge is 2.12. The smallest absolute Gasteiger partial charge is 0.338 e. The van der Waals surface area contributed by atoms with Crippen LogP contribution in [-0.4, -0.2) is 18.5 Å². The first-order chi connectivity index (χ1) is 11.0. The molecule has 2 rings (SSSR count). The second-order valence-corrected chi connectivity index (χ2v) is 4.85. The molecular weight excluding hydrogens is 323 g/mol. The van der Waals surface area contributed by atoms with Crippen molar-refractivity contribution in [2.24, 2.45) is 0 Å². The number of rotatable bonds is 4.